The Morgan fingerprint density at radius 2 is 1.64 bits per heavy atom. The molecule has 1 aliphatic heterocycles. The lowest BCUT2D eigenvalue weighted by Crippen LogP contribution is -2.51. The van der Waals surface area contributed by atoms with Crippen LogP contribution in [0.3, 0.4) is 0 Å². The molecule has 0 saturated carbocycles. The molecule has 0 fully saturated rings. The van der Waals surface area contributed by atoms with Crippen LogP contribution in [0.15, 0.2) is 29.2 Å². The number of fused-ring (bicyclic) bond motifs is 1. The van der Waals surface area contributed by atoms with Gasteiger partial charge < -0.3 is 29.8 Å². The molecule has 2 aromatic rings. The number of nitrogens with two attached hydrogens (primary N) is 1. The summed E-state index contributed by atoms with van der Waals surface area (Å²) in [6.45, 7) is 0.135. The predicted octanol–water partition coefficient (Wildman–Crippen LogP) is 0.453. The lowest BCUT2D eigenvalue weighted by Gasteiger charge is -2.35. The van der Waals surface area contributed by atoms with Crippen LogP contribution in [0.1, 0.15) is 21.6 Å². The number of amides is 2. The summed E-state index contributed by atoms with van der Waals surface area (Å²) in [5.41, 5.74) is 6.80. The topological polar surface area (TPSA) is 124 Å². The number of primary amides is 1. The minimum Gasteiger partial charge on any atom is -0.493 e. The molecule has 2 heterocycles. The molecule has 0 bridgehead atoms. The number of aromatic amines is 1. The van der Waals surface area contributed by atoms with Gasteiger partial charge in [0.25, 0.3) is 5.91 Å². The van der Waals surface area contributed by atoms with Crippen LogP contribution in [-0.2, 0) is 17.8 Å². The van der Waals surface area contributed by atoms with Gasteiger partial charge >= 0.3 is 0 Å². The second kappa shape index (κ2) is 7.63. The molecule has 0 radical (unpaired) electrons. The average molecular weight is 387 g/mol. The van der Waals surface area contributed by atoms with Crippen molar-refractivity contribution in [2.75, 3.05) is 21.3 Å². The zero-order valence-electron chi connectivity index (χ0n) is 15.8. The van der Waals surface area contributed by atoms with Crippen LogP contribution in [0.5, 0.6) is 17.2 Å². The molecule has 0 aliphatic carbocycles. The molecular formula is C19H21N3O6. The second-order valence-corrected chi connectivity index (χ2v) is 6.31. The predicted molar refractivity (Wildman–Crippen MR) is 99.7 cm³/mol. The summed E-state index contributed by atoms with van der Waals surface area (Å²) in [7, 11) is 4.40. The van der Waals surface area contributed by atoms with Crippen molar-refractivity contribution in [2.45, 2.75) is 19.0 Å². The van der Waals surface area contributed by atoms with Gasteiger partial charge in [0, 0.05) is 25.2 Å². The number of hydrogen-bond acceptors (Lipinski definition) is 6. The van der Waals surface area contributed by atoms with Crippen LogP contribution in [0.25, 0.3) is 0 Å². The maximum absolute atomic E-state index is 13.0. The van der Waals surface area contributed by atoms with Crippen LogP contribution in [0.2, 0.25) is 0 Å². The first-order chi connectivity index (χ1) is 13.4. The van der Waals surface area contributed by atoms with Gasteiger partial charge in [-0.1, -0.05) is 0 Å². The van der Waals surface area contributed by atoms with E-state index in [1.165, 1.54) is 32.4 Å². The fraction of sp³-hybridized carbons (Fsp3) is 0.316. The molecule has 9 heteroatoms. The van der Waals surface area contributed by atoms with Crippen LogP contribution in [-0.4, -0.2) is 49.1 Å². The third-order valence-corrected chi connectivity index (χ3v) is 4.75. The van der Waals surface area contributed by atoms with Crippen molar-refractivity contribution in [2.24, 2.45) is 5.73 Å². The van der Waals surface area contributed by atoms with E-state index in [0.29, 0.717) is 11.5 Å². The highest BCUT2D eigenvalue weighted by molar-refractivity contribution is 5.96. The molecule has 28 heavy (non-hydrogen) atoms. The Kier molecular flexibility index (Phi) is 5.25. The number of hydrogen-bond donors (Lipinski definition) is 2. The highest BCUT2D eigenvalue weighted by Crippen LogP contribution is 2.35. The summed E-state index contributed by atoms with van der Waals surface area (Å²) in [4.78, 5) is 41.1. The van der Waals surface area contributed by atoms with Gasteiger partial charge in [-0.2, -0.15) is 0 Å². The molecule has 1 atom stereocenters. The normalized spacial score (nSPS) is 15.5. The summed E-state index contributed by atoms with van der Waals surface area (Å²) in [6.07, 6.45) is 1.54. The highest BCUT2D eigenvalue weighted by atomic mass is 16.5. The standard InChI is InChI=1S/C19H21N3O6/c1-26-15-5-10-4-13(18(20)24)22(9-11(10)6-16(15)27-2)19(25)12-7-14(23)17(28-3)8-21-12/h5-8,13H,4,9H2,1-3H3,(H2,20,24)(H,21,23)/t13-/m0/s1. The van der Waals surface area contributed by atoms with Crippen LogP contribution in [0.4, 0.5) is 0 Å². The van der Waals surface area contributed by atoms with E-state index < -0.39 is 23.3 Å². The minimum absolute atomic E-state index is 0.0426. The summed E-state index contributed by atoms with van der Waals surface area (Å²) < 4.78 is 15.5. The number of carbonyl (C=O) groups excluding carboxylic acids is 2. The Balaban J connectivity index is 2.00. The van der Waals surface area contributed by atoms with Gasteiger partial charge in [-0.15, -0.1) is 0 Å². The van der Waals surface area contributed by atoms with E-state index in [1.807, 2.05) is 0 Å². The number of aromatic nitrogens is 1. The summed E-state index contributed by atoms with van der Waals surface area (Å²) in [6, 6.07) is 3.83. The summed E-state index contributed by atoms with van der Waals surface area (Å²) in [5.74, 6) is -0.00906. The van der Waals surface area contributed by atoms with Crippen molar-refractivity contribution < 1.29 is 23.8 Å². The Hall–Kier alpha value is -3.49. The lowest BCUT2D eigenvalue weighted by atomic mass is 9.92. The molecule has 148 valence electrons. The van der Waals surface area contributed by atoms with Gasteiger partial charge in [0.05, 0.1) is 21.3 Å². The third kappa shape index (κ3) is 3.38. The molecule has 1 aromatic heterocycles. The van der Waals surface area contributed by atoms with Crippen LogP contribution >= 0.6 is 0 Å². The van der Waals surface area contributed by atoms with Crippen molar-refractivity contribution >= 4 is 11.8 Å². The number of rotatable bonds is 5. The first kappa shape index (κ1) is 19.3. The zero-order chi connectivity index (χ0) is 20.4. The number of H-pyrrole nitrogens is 1. The quantitative estimate of drug-likeness (QED) is 0.768. The Morgan fingerprint density at radius 3 is 2.18 bits per heavy atom. The first-order valence-corrected chi connectivity index (χ1v) is 8.50. The first-order valence-electron chi connectivity index (χ1n) is 8.50. The van der Waals surface area contributed by atoms with Gasteiger partial charge in [-0.3, -0.25) is 14.4 Å². The minimum atomic E-state index is -0.858. The Bertz CT molecular complexity index is 984. The molecule has 3 rings (SSSR count). The number of ether oxygens (including phenoxy) is 3. The molecular weight excluding hydrogens is 366 g/mol. The molecule has 1 aromatic carbocycles. The van der Waals surface area contributed by atoms with Crippen LogP contribution in [0, 0.1) is 0 Å². The number of carbonyl (C=O) groups is 2. The van der Waals surface area contributed by atoms with Crippen LogP contribution < -0.4 is 25.4 Å². The SMILES string of the molecule is COc1cc2c(cc1OC)CN(C(=O)c1cc(=O)c(OC)c[nH]1)[C@H](C(N)=O)C2. The Labute approximate surface area is 161 Å². The van der Waals surface area contributed by atoms with Gasteiger partial charge in [0.2, 0.25) is 11.3 Å². The fourth-order valence-corrected chi connectivity index (χ4v) is 3.28. The van der Waals surface area contributed by atoms with Gasteiger partial charge in [0.1, 0.15) is 11.7 Å². The maximum Gasteiger partial charge on any atom is 0.271 e. The lowest BCUT2D eigenvalue weighted by molar-refractivity contribution is -0.122. The Morgan fingerprint density at radius 1 is 1.04 bits per heavy atom. The van der Waals surface area contributed by atoms with E-state index >= 15 is 0 Å². The van der Waals surface area contributed by atoms with Crippen molar-refractivity contribution in [1.82, 2.24) is 9.88 Å². The van der Waals surface area contributed by atoms with Gasteiger partial charge in [-0.05, 0) is 23.3 Å². The molecule has 0 spiro atoms. The summed E-state index contributed by atoms with van der Waals surface area (Å²) in [5, 5.41) is 0. The molecule has 0 unspecified atom stereocenters. The molecule has 9 nitrogen and oxygen atoms in total. The molecule has 0 saturated heterocycles. The number of nitrogens with zero attached hydrogens (tertiary/aromatic N) is 1. The zero-order valence-corrected chi connectivity index (χ0v) is 15.8. The van der Waals surface area contributed by atoms with Crippen molar-refractivity contribution in [1.29, 1.82) is 0 Å². The van der Waals surface area contributed by atoms with Crippen molar-refractivity contribution in [3.63, 3.8) is 0 Å². The second-order valence-electron chi connectivity index (χ2n) is 6.31. The maximum atomic E-state index is 13.0. The van der Waals surface area contributed by atoms with E-state index in [-0.39, 0.29) is 24.4 Å². The van der Waals surface area contributed by atoms with E-state index in [0.717, 1.165) is 17.2 Å². The monoisotopic (exact) mass is 387 g/mol. The molecule has 3 N–H and O–H groups in total. The fourth-order valence-electron chi connectivity index (χ4n) is 3.28. The third-order valence-electron chi connectivity index (χ3n) is 4.75. The number of benzene rings is 1. The average Bonchev–Trinajstić information content (AvgIpc) is 2.70. The summed E-state index contributed by atoms with van der Waals surface area (Å²) >= 11 is 0. The number of nitrogens with one attached hydrogen (secondary N) is 1. The van der Waals surface area contributed by atoms with E-state index in [4.69, 9.17) is 19.9 Å². The number of methoxy groups -OCH3 is 3. The molecule has 1 aliphatic rings. The van der Waals surface area contributed by atoms with Crippen molar-refractivity contribution in [3.8, 4) is 17.2 Å². The smallest absolute Gasteiger partial charge is 0.271 e. The van der Waals surface area contributed by atoms with E-state index in [1.54, 1.807) is 12.1 Å². The highest BCUT2D eigenvalue weighted by Gasteiger charge is 2.35. The van der Waals surface area contributed by atoms with E-state index in [2.05, 4.69) is 4.98 Å². The largest absolute Gasteiger partial charge is 0.493 e. The van der Waals surface area contributed by atoms with Gasteiger partial charge in [-0.25, -0.2) is 0 Å². The number of pyridine rings is 1. The van der Waals surface area contributed by atoms with Crippen molar-refractivity contribution in [3.05, 3.63) is 51.4 Å². The molecule has 2 amide bonds. The van der Waals surface area contributed by atoms with Gasteiger partial charge in [0.15, 0.2) is 17.2 Å². The van der Waals surface area contributed by atoms with E-state index in [9.17, 15) is 14.4 Å².